The van der Waals surface area contributed by atoms with E-state index >= 15 is 0 Å². The molecule has 2 rings (SSSR count). The predicted octanol–water partition coefficient (Wildman–Crippen LogP) is 4.31. The van der Waals surface area contributed by atoms with Crippen LogP contribution in [0.4, 0.5) is 4.39 Å². The van der Waals surface area contributed by atoms with Crippen LogP contribution in [0.2, 0.25) is 0 Å². The molecule has 0 aliphatic carbocycles. The first-order chi connectivity index (χ1) is 7.29. The van der Waals surface area contributed by atoms with Crippen molar-refractivity contribution in [3.05, 3.63) is 24.0 Å². The third-order valence-corrected chi connectivity index (χ3v) is 4.66. The van der Waals surface area contributed by atoms with Crippen LogP contribution in [0, 0.1) is 5.82 Å². The van der Waals surface area contributed by atoms with Gasteiger partial charge in [-0.2, -0.15) is 0 Å². The predicted molar refractivity (Wildman–Crippen MR) is 68.7 cm³/mol. The van der Waals surface area contributed by atoms with Crippen molar-refractivity contribution in [2.24, 2.45) is 0 Å². The average molecular weight is 306 g/mol. The number of alkyl halides is 1. The van der Waals surface area contributed by atoms with E-state index in [0.29, 0.717) is 0 Å². The molecular weight excluding hydrogens is 297 g/mol. The molecule has 0 saturated carbocycles. The Bertz CT molecular complexity index is 458. The Morgan fingerprint density at radius 1 is 1.47 bits per heavy atom. The minimum Gasteiger partial charge on any atom is -0.230 e. The van der Waals surface area contributed by atoms with E-state index in [4.69, 9.17) is 0 Å². The highest BCUT2D eigenvalue weighted by atomic mass is 79.9. The number of halogens is 2. The van der Waals surface area contributed by atoms with Gasteiger partial charge in [-0.25, -0.2) is 9.37 Å². The number of nitrogens with zero attached hydrogens (tertiary/aromatic N) is 1. The Balaban J connectivity index is 2.16. The molecule has 0 spiro atoms. The molecule has 15 heavy (non-hydrogen) atoms. The largest absolute Gasteiger partial charge is 0.230 e. The molecule has 0 unspecified atom stereocenters. The van der Waals surface area contributed by atoms with Crippen LogP contribution in [0.25, 0.3) is 10.2 Å². The lowest BCUT2D eigenvalue weighted by atomic mass is 10.3. The molecule has 0 saturated heterocycles. The maximum Gasteiger partial charge on any atom is 0.151 e. The maximum absolute atomic E-state index is 12.9. The molecule has 2 aromatic rings. The van der Waals surface area contributed by atoms with Crippen LogP contribution in [0.5, 0.6) is 0 Å². The minimum absolute atomic E-state index is 0.218. The zero-order chi connectivity index (χ0) is 10.7. The van der Waals surface area contributed by atoms with E-state index in [1.54, 1.807) is 29.2 Å². The van der Waals surface area contributed by atoms with E-state index in [0.717, 1.165) is 32.1 Å². The first-order valence-corrected chi connectivity index (χ1v) is 7.47. The molecule has 80 valence electrons. The molecule has 0 amide bonds. The van der Waals surface area contributed by atoms with Crippen LogP contribution >= 0.6 is 39.0 Å². The molecule has 0 atom stereocenters. The van der Waals surface area contributed by atoms with Crippen molar-refractivity contribution in [1.82, 2.24) is 4.98 Å². The van der Waals surface area contributed by atoms with Gasteiger partial charge in [-0.1, -0.05) is 27.7 Å². The lowest BCUT2D eigenvalue weighted by molar-refractivity contribution is 0.629. The highest BCUT2D eigenvalue weighted by molar-refractivity contribution is 9.09. The molecule has 0 fully saturated rings. The Morgan fingerprint density at radius 2 is 2.33 bits per heavy atom. The van der Waals surface area contributed by atoms with Gasteiger partial charge < -0.3 is 0 Å². The minimum atomic E-state index is -0.218. The Kier molecular flexibility index (Phi) is 3.99. The number of benzene rings is 1. The van der Waals surface area contributed by atoms with Crippen LogP contribution in [0.15, 0.2) is 22.5 Å². The van der Waals surface area contributed by atoms with Crippen molar-refractivity contribution in [3.63, 3.8) is 0 Å². The third-order valence-electron chi connectivity index (χ3n) is 1.83. The summed E-state index contributed by atoms with van der Waals surface area (Å²) in [6.45, 7) is 0. The van der Waals surface area contributed by atoms with Gasteiger partial charge in [-0.05, 0) is 18.6 Å². The summed E-state index contributed by atoms with van der Waals surface area (Å²) in [4.78, 5) is 4.37. The van der Waals surface area contributed by atoms with Crippen LogP contribution < -0.4 is 0 Å². The van der Waals surface area contributed by atoms with Crippen LogP contribution in [-0.2, 0) is 0 Å². The van der Waals surface area contributed by atoms with Crippen molar-refractivity contribution >= 4 is 49.2 Å². The summed E-state index contributed by atoms with van der Waals surface area (Å²) in [5.41, 5.74) is 0.765. The zero-order valence-corrected chi connectivity index (χ0v) is 11.1. The fourth-order valence-electron chi connectivity index (χ4n) is 1.16. The van der Waals surface area contributed by atoms with Gasteiger partial charge in [0.1, 0.15) is 5.82 Å². The zero-order valence-electron chi connectivity index (χ0n) is 7.87. The maximum atomic E-state index is 12.9. The summed E-state index contributed by atoms with van der Waals surface area (Å²) in [6, 6.07) is 4.75. The second kappa shape index (κ2) is 5.27. The van der Waals surface area contributed by atoms with E-state index in [1.807, 2.05) is 0 Å². The third kappa shape index (κ3) is 2.92. The van der Waals surface area contributed by atoms with Crippen LogP contribution in [0.1, 0.15) is 6.42 Å². The number of rotatable bonds is 4. The van der Waals surface area contributed by atoms with E-state index in [2.05, 4.69) is 20.9 Å². The molecule has 0 N–H and O–H groups in total. The Morgan fingerprint density at radius 3 is 3.13 bits per heavy atom. The molecule has 0 bridgehead atoms. The van der Waals surface area contributed by atoms with Gasteiger partial charge in [0.25, 0.3) is 0 Å². The van der Waals surface area contributed by atoms with Gasteiger partial charge in [-0.15, -0.1) is 11.3 Å². The van der Waals surface area contributed by atoms with Crippen molar-refractivity contribution in [2.75, 3.05) is 11.1 Å². The summed E-state index contributed by atoms with van der Waals surface area (Å²) in [5, 5.41) is 1.01. The molecule has 0 aliphatic rings. The van der Waals surface area contributed by atoms with Crippen molar-refractivity contribution in [1.29, 1.82) is 0 Å². The van der Waals surface area contributed by atoms with E-state index < -0.39 is 0 Å². The van der Waals surface area contributed by atoms with Gasteiger partial charge in [0.15, 0.2) is 4.34 Å². The smallest absolute Gasteiger partial charge is 0.151 e. The van der Waals surface area contributed by atoms with E-state index in [9.17, 15) is 4.39 Å². The monoisotopic (exact) mass is 305 g/mol. The van der Waals surface area contributed by atoms with Crippen LogP contribution in [0.3, 0.4) is 0 Å². The molecular formula is C10H9BrFNS2. The molecule has 5 heteroatoms. The lowest BCUT2D eigenvalue weighted by Crippen LogP contribution is -1.79. The SMILES string of the molecule is Fc1ccc2sc(SCCCBr)nc2c1. The van der Waals surface area contributed by atoms with Gasteiger partial charge in [0.05, 0.1) is 10.2 Å². The number of hydrogen-bond acceptors (Lipinski definition) is 3. The second-order valence-corrected chi connectivity index (χ2v) is 6.15. The Hall–Kier alpha value is -0.130. The quantitative estimate of drug-likeness (QED) is 0.474. The van der Waals surface area contributed by atoms with Crippen LogP contribution in [-0.4, -0.2) is 16.1 Å². The summed E-state index contributed by atoms with van der Waals surface area (Å²) in [7, 11) is 0. The highest BCUT2D eigenvalue weighted by Gasteiger charge is 2.04. The Labute approximate surface area is 104 Å². The standard InChI is InChI=1S/C10H9BrFNS2/c11-4-1-5-14-10-13-8-6-7(12)2-3-9(8)15-10/h2-3,6H,1,4-5H2. The number of hydrogen-bond donors (Lipinski definition) is 0. The summed E-state index contributed by atoms with van der Waals surface area (Å²) >= 11 is 6.75. The first kappa shape index (κ1) is 11.4. The topological polar surface area (TPSA) is 12.9 Å². The fourth-order valence-corrected chi connectivity index (χ4v) is 3.87. The van der Waals surface area contributed by atoms with Crippen molar-refractivity contribution < 1.29 is 4.39 Å². The number of thioether (sulfide) groups is 1. The van der Waals surface area contributed by atoms with Gasteiger partial charge in [-0.3, -0.25) is 0 Å². The lowest BCUT2D eigenvalue weighted by Gasteiger charge is -1.91. The second-order valence-electron chi connectivity index (χ2n) is 2.98. The molecule has 0 radical (unpaired) electrons. The fraction of sp³-hybridized carbons (Fsp3) is 0.300. The molecule has 1 heterocycles. The molecule has 1 nitrogen and oxygen atoms in total. The average Bonchev–Trinajstić information content (AvgIpc) is 2.60. The van der Waals surface area contributed by atoms with Gasteiger partial charge in [0, 0.05) is 17.1 Å². The first-order valence-electron chi connectivity index (χ1n) is 4.54. The molecule has 0 aliphatic heterocycles. The number of thiazole rings is 1. The normalized spacial score (nSPS) is 11.1. The van der Waals surface area contributed by atoms with E-state index in [-0.39, 0.29) is 5.82 Å². The van der Waals surface area contributed by atoms with Crippen molar-refractivity contribution in [2.45, 2.75) is 10.8 Å². The number of aromatic nitrogens is 1. The molecule has 1 aromatic heterocycles. The summed E-state index contributed by atoms with van der Waals surface area (Å²) in [5.74, 6) is 0.831. The summed E-state index contributed by atoms with van der Waals surface area (Å²) in [6.07, 6.45) is 1.12. The van der Waals surface area contributed by atoms with Gasteiger partial charge in [0.2, 0.25) is 0 Å². The number of fused-ring (bicyclic) bond motifs is 1. The van der Waals surface area contributed by atoms with E-state index in [1.165, 1.54) is 12.1 Å². The van der Waals surface area contributed by atoms with Crippen molar-refractivity contribution in [3.8, 4) is 0 Å². The molecule has 1 aromatic carbocycles. The summed E-state index contributed by atoms with van der Waals surface area (Å²) < 4.78 is 15.0. The van der Waals surface area contributed by atoms with Gasteiger partial charge >= 0.3 is 0 Å². The highest BCUT2D eigenvalue weighted by Crippen LogP contribution is 2.30.